The summed E-state index contributed by atoms with van der Waals surface area (Å²) < 4.78 is 15.1. The summed E-state index contributed by atoms with van der Waals surface area (Å²) in [4.78, 5) is 23.2. The number of esters is 2. The Morgan fingerprint density at radius 3 is 1.95 bits per heavy atom. The van der Waals surface area contributed by atoms with Gasteiger partial charge < -0.3 is 14.2 Å². The van der Waals surface area contributed by atoms with Gasteiger partial charge in [0, 0.05) is 11.1 Å². The van der Waals surface area contributed by atoms with E-state index in [9.17, 15) is 9.59 Å². The van der Waals surface area contributed by atoms with Crippen molar-refractivity contribution < 1.29 is 23.8 Å². The monoisotopic (exact) mass is 266 g/mol. The van der Waals surface area contributed by atoms with E-state index in [1.807, 2.05) is 0 Å². The lowest BCUT2D eigenvalue weighted by atomic mass is 9.99. The Morgan fingerprint density at radius 2 is 1.58 bits per heavy atom. The normalized spacial score (nSPS) is 23.5. The highest BCUT2D eigenvalue weighted by Crippen LogP contribution is 2.29. The van der Waals surface area contributed by atoms with Crippen LogP contribution < -0.4 is 0 Å². The molecule has 5 heteroatoms. The first-order chi connectivity index (χ1) is 8.97. The van der Waals surface area contributed by atoms with Crippen LogP contribution >= 0.6 is 0 Å². The average molecular weight is 266 g/mol. The van der Waals surface area contributed by atoms with Crippen LogP contribution in [0.15, 0.2) is 23.3 Å². The van der Waals surface area contributed by atoms with Gasteiger partial charge in [0.1, 0.15) is 0 Å². The topological polar surface area (TPSA) is 68.4 Å². The standard InChI is InChI=1S/C14H18O5/c1-8(2)13(15)19-14(16)9(3)10(4-11-6-17-11)5-12-7-18-12/h11-12H,1,4-7H2,2-3H3. The van der Waals surface area contributed by atoms with Crippen LogP contribution in [0.3, 0.4) is 0 Å². The summed E-state index contributed by atoms with van der Waals surface area (Å²) in [5, 5.41) is 0. The van der Waals surface area contributed by atoms with Crippen molar-refractivity contribution in [2.75, 3.05) is 13.2 Å². The maximum absolute atomic E-state index is 11.9. The minimum Gasteiger partial charge on any atom is -0.386 e. The van der Waals surface area contributed by atoms with Crippen LogP contribution in [0.5, 0.6) is 0 Å². The first-order valence-corrected chi connectivity index (χ1v) is 6.31. The van der Waals surface area contributed by atoms with Gasteiger partial charge in [-0.1, -0.05) is 12.2 Å². The maximum atomic E-state index is 11.9. The maximum Gasteiger partial charge on any atom is 0.341 e. The van der Waals surface area contributed by atoms with E-state index < -0.39 is 11.9 Å². The second kappa shape index (κ2) is 5.67. The largest absolute Gasteiger partial charge is 0.386 e. The van der Waals surface area contributed by atoms with E-state index in [1.54, 1.807) is 6.92 Å². The molecule has 2 rings (SSSR count). The summed E-state index contributed by atoms with van der Waals surface area (Å²) in [6.45, 7) is 8.08. The molecule has 2 aliphatic heterocycles. The minimum atomic E-state index is -0.686. The number of rotatable bonds is 6. The van der Waals surface area contributed by atoms with Crippen molar-refractivity contribution in [3.8, 4) is 0 Å². The zero-order valence-electron chi connectivity index (χ0n) is 11.2. The molecule has 0 aromatic heterocycles. The Bertz CT molecular complexity index is 425. The van der Waals surface area contributed by atoms with Gasteiger partial charge >= 0.3 is 11.9 Å². The summed E-state index contributed by atoms with van der Waals surface area (Å²) in [5.41, 5.74) is 1.63. The molecule has 0 amide bonds. The SMILES string of the molecule is C=C(C)C(=O)OC(=O)C(C)=C(CC1CO1)CC1CO1. The van der Waals surface area contributed by atoms with Crippen LogP contribution in [0, 0.1) is 0 Å². The fraction of sp³-hybridized carbons (Fsp3) is 0.571. The molecule has 2 saturated heterocycles. The van der Waals surface area contributed by atoms with Gasteiger partial charge in [-0.2, -0.15) is 0 Å². The van der Waals surface area contributed by atoms with Gasteiger partial charge in [-0.05, 0) is 26.7 Å². The lowest BCUT2D eigenvalue weighted by Gasteiger charge is -2.09. The smallest absolute Gasteiger partial charge is 0.341 e. The molecule has 2 heterocycles. The molecular weight excluding hydrogens is 248 g/mol. The summed E-state index contributed by atoms with van der Waals surface area (Å²) in [6, 6.07) is 0. The number of carbonyl (C=O) groups excluding carboxylic acids is 2. The lowest BCUT2D eigenvalue weighted by Crippen LogP contribution is -2.15. The summed E-state index contributed by atoms with van der Waals surface area (Å²) >= 11 is 0. The zero-order chi connectivity index (χ0) is 14.0. The molecule has 0 spiro atoms. The van der Waals surface area contributed by atoms with E-state index in [-0.39, 0.29) is 17.8 Å². The molecule has 0 aromatic rings. The van der Waals surface area contributed by atoms with E-state index in [0.29, 0.717) is 18.4 Å². The van der Waals surface area contributed by atoms with Gasteiger partial charge in [-0.15, -0.1) is 0 Å². The first kappa shape index (κ1) is 14.0. The van der Waals surface area contributed by atoms with Gasteiger partial charge in [-0.25, -0.2) is 9.59 Å². The average Bonchev–Trinajstić information content (AvgIpc) is 3.21. The van der Waals surface area contributed by atoms with Crippen molar-refractivity contribution >= 4 is 11.9 Å². The molecule has 2 aliphatic rings. The Hall–Kier alpha value is -1.46. The highest BCUT2D eigenvalue weighted by atomic mass is 16.6. The van der Waals surface area contributed by atoms with Crippen molar-refractivity contribution in [3.05, 3.63) is 23.3 Å². The molecular formula is C14H18O5. The van der Waals surface area contributed by atoms with Crippen LogP contribution in [0.25, 0.3) is 0 Å². The van der Waals surface area contributed by atoms with Crippen LogP contribution in [0.2, 0.25) is 0 Å². The molecule has 0 aromatic carbocycles. The van der Waals surface area contributed by atoms with E-state index in [1.165, 1.54) is 6.92 Å². The Kier molecular flexibility index (Phi) is 4.17. The van der Waals surface area contributed by atoms with Crippen molar-refractivity contribution in [3.63, 3.8) is 0 Å². The lowest BCUT2D eigenvalue weighted by molar-refractivity contribution is -0.154. The van der Waals surface area contributed by atoms with Crippen LogP contribution in [0.1, 0.15) is 26.7 Å². The Morgan fingerprint density at radius 1 is 1.11 bits per heavy atom. The number of hydrogen-bond acceptors (Lipinski definition) is 5. The molecule has 2 fully saturated rings. The molecule has 104 valence electrons. The zero-order valence-corrected chi connectivity index (χ0v) is 11.2. The fourth-order valence-electron chi connectivity index (χ4n) is 1.70. The van der Waals surface area contributed by atoms with Crippen molar-refractivity contribution in [2.24, 2.45) is 0 Å². The van der Waals surface area contributed by atoms with E-state index in [4.69, 9.17) is 14.2 Å². The third-order valence-corrected chi connectivity index (χ3v) is 3.12. The predicted molar refractivity (Wildman–Crippen MR) is 67.3 cm³/mol. The van der Waals surface area contributed by atoms with Gasteiger partial charge in [0.05, 0.1) is 25.4 Å². The predicted octanol–water partition coefficient (Wildman–Crippen LogP) is 1.53. The van der Waals surface area contributed by atoms with E-state index in [2.05, 4.69) is 6.58 Å². The third kappa shape index (κ3) is 4.29. The summed E-state index contributed by atoms with van der Waals surface area (Å²) in [6.07, 6.45) is 1.77. The number of carbonyl (C=O) groups is 2. The highest BCUT2D eigenvalue weighted by molar-refractivity contribution is 6.01. The summed E-state index contributed by atoms with van der Waals surface area (Å²) in [5.74, 6) is -1.29. The van der Waals surface area contributed by atoms with Crippen molar-refractivity contribution in [1.82, 2.24) is 0 Å². The molecule has 5 nitrogen and oxygen atoms in total. The molecule has 0 aliphatic carbocycles. The molecule has 0 radical (unpaired) electrons. The summed E-state index contributed by atoms with van der Waals surface area (Å²) in [7, 11) is 0. The van der Waals surface area contributed by atoms with Crippen molar-refractivity contribution in [1.29, 1.82) is 0 Å². The van der Waals surface area contributed by atoms with Gasteiger partial charge in [0.25, 0.3) is 0 Å². The Labute approximate surface area is 112 Å². The molecule has 19 heavy (non-hydrogen) atoms. The third-order valence-electron chi connectivity index (χ3n) is 3.12. The van der Waals surface area contributed by atoms with Crippen LogP contribution in [-0.2, 0) is 23.8 Å². The van der Waals surface area contributed by atoms with E-state index >= 15 is 0 Å². The first-order valence-electron chi connectivity index (χ1n) is 6.31. The van der Waals surface area contributed by atoms with Crippen molar-refractivity contribution in [2.45, 2.75) is 38.9 Å². The number of ether oxygens (including phenoxy) is 3. The number of epoxide rings is 2. The number of hydrogen-bond donors (Lipinski definition) is 0. The Balaban J connectivity index is 2.02. The van der Waals surface area contributed by atoms with E-state index in [0.717, 1.165) is 18.8 Å². The van der Waals surface area contributed by atoms with Gasteiger partial charge in [0.15, 0.2) is 0 Å². The molecule has 0 saturated carbocycles. The van der Waals surface area contributed by atoms with Gasteiger partial charge in [-0.3, -0.25) is 0 Å². The quantitative estimate of drug-likeness (QED) is 0.315. The van der Waals surface area contributed by atoms with Crippen LogP contribution in [-0.4, -0.2) is 37.4 Å². The fourth-order valence-corrected chi connectivity index (χ4v) is 1.70. The van der Waals surface area contributed by atoms with Crippen LogP contribution in [0.4, 0.5) is 0 Å². The molecule has 2 atom stereocenters. The highest BCUT2D eigenvalue weighted by Gasteiger charge is 2.31. The molecule has 2 unspecified atom stereocenters. The second-order valence-corrected chi connectivity index (χ2v) is 5.00. The molecule has 0 N–H and O–H groups in total. The minimum absolute atomic E-state index is 0.188. The molecule has 0 bridgehead atoms. The van der Waals surface area contributed by atoms with Gasteiger partial charge in [0.2, 0.25) is 0 Å². The second-order valence-electron chi connectivity index (χ2n) is 5.00.